The van der Waals surface area contributed by atoms with Crippen molar-refractivity contribution in [3.05, 3.63) is 36.5 Å². The Labute approximate surface area is 416 Å². The summed E-state index contributed by atoms with van der Waals surface area (Å²) in [6.45, 7) is 5.43. The van der Waals surface area contributed by atoms with Gasteiger partial charge in [0.2, 0.25) is 0 Å². The predicted octanol–water partition coefficient (Wildman–Crippen LogP) is 17.4. The normalized spacial score (nSPS) is 13.7. The maximum absolute atomic E-state index is 12.8. The first-order valence-electron chi connectivity index (χ1n) is 28.7. The topological polar surface area (TPSA) is 94.1 Å². The van der Waals surface area contributed by atoms with Crippen LogP contribution in [0.2, 0.25) is 0 Å². The summed E-state index contributed by atoms with van der Waals surface area (Å²) in [7, 11) is 1.36. The fourth-order valence-corrected chi connectivity index (χ4v) is 8.99. The molecule has 0 heterocycles. The number of phosphoric ester groups is 1. The van der Waals surface area contributed by atoms with Crippen molar-refractivity contribution in [2.75, 3.05) is 54.1 Å². The summed E-state index contributed by atoms with van der Waals surface area (Å²) < 4.78 is 34.8. The monoisotopic (exact) mass is 966 g/mol. The molecule has 0 radical (unpaired) electrons. The minimum atomic E-state index is -4.54. The third kappa shape index (κ3) is 55.5. The number of esters is 1. The Bertz CT molecular complexity index is 1170. The average Bonchev–Trinajstić information content (AvgIpc) is 3.29. The van der Waals surface area contributed by atoms with E-state index >= 15 is 0 Å². The zero-order chi connectivity index (χ0) is 49.0. The van der Waals surface area contributed by atoms with E-state index < -0.39 is 13.9 Å². The van der Waals surface area contributed by atoms with Crippen molar-refractivity contribution >= 4 is 13.8 Å². The van der Waals surface area contributed by atoms with Crippen molar-refractivity contribution in [1.82, 2.24) is 0 Å². The first-order chi connectivity index (χ1) is 32.6. The fraction of sp³-hybridized carbons (Fsp3) is 0.879. The Morgan fingerprint density at radius 2 is 0.821 bits per heavy atom. The molecule has 0 N–H and O–H groups in total. The Balaban J connectivity index is 4.08. The number of phosphoric acid groups is 1. The van der Waals surface area contributed by atoms with E-state index in [0.717, 1.165) is 51.4 Å². The number of unbranched alkanes of at least 4 members (excludes halogenated alkanes) is 34. The lowest BCUT2D eigenvalue weighted by atomic mass is 10.0. The number of allylic oxidation sites excluding steroid dienone is 6. The molecule has 0 fully saturated rings. The van der Waals surface area contributed by atoms with E-state index in [2.05, 4.69) is 50.3 Å². The van der Waals surface area contributed by atoms with Crippen LogP contribution in [0.25, 0.3) is 0 Å². The number of ether oxygens (including phenoxy) is 2. The Morgan fingerprint density at radius 1 is 0.463 bits per heavy atom. The first kappa shape index (κ1) is 65.7. The summed E-state index contributed by atoms with van der Waals surface area (Å²) in [6.07, 6.45) is 63.2. The van der Waals surface area contributed by atoms with E-state index in [1.807, 2.05) is 21.1 Å². The van der Waals surface area contributed by atoms with Gasteiger partial charge in [-0.2, -0.15) is 0 Å². The molecular weight excluding hydrogens is 854 g/mol. The van der Waals surface area contributed by atoms with Gasteiger partial charge in [-0.05, 0) is 51.4 Å². The number of carbonyl (C=O) groups excluding carboxylic acids is 1. The smallest absolute Gasteiger partial charge is 0.306 e. The molecule has 0 saturated heterocycles. The standard InChI is InChI=1S/C58H112NO7P/c1-6-8-10-12-14-16-18-20-22-24-26-28-30-31-33-35-37-39-41-43-45-47-49-51-58(60)66-57(56-65-67(61,62)64-54-52-59(3,4)5)55-63-53-50-48-46-44-42-40-38-36-34-32-29-27-25-23-21-19-17-15-13-11-9-7-2/h19,21,25,27,32,34,57H,6-18,20,22-24,26,28-31,33,35-56H2,1-5H3/b21-19-,27-25-,34-32-. The van der Waals surface area contributed by atoms with E-state index in [0.29, 0.717) is 24.1 Å². The molecule has 0 spiro atoms. The molecule has 396 valence electrons. The lowest BCUT2D eigenvalue weighted by Gasteiger charge is -2.28. The highest BCUT2D eigenvalue weighted by molar-refractivity contribution is 7.45. The van der Waals surface area contributed by atoms with E-state index in [1.54, 1.807) is 0 Å². The van der Waals surface area contributed by atoms with Crippen LogP contribution in [-0.2, 0) is 27.9 Å². The lowest BCUT2D eigenvalue weighted by molar-refractivity contribution is -0.870. The van der Waals surface area contributed by atoms with Crippen molar-refractivity contribution in [3.8, 4) is 0 Å². The van der Waals surface area contributed by atoms with Crippen LogP contribution >= 0.6 is 7.82 Å². The summed E-state index contributed by atoms with van der Waals surface area (Å²) in [6, 6.07) is 0. The van der Waals surface area contributed by atoms with Gasteiger partial charge in [0.1, 0.15) is 19.3 Å². The highest BCUT2D eigenvalue weighted by Crippen LogP contribution is 2.38. The van der Waals surface area contributed by atoms with E-state index in [4.69, 9.17) is 18.5 Å². The van der Waals surface area contributed by atoms with Gasteiger partial charge in [0.05, 0.1) is 34.4 Å². The minimum absolute atomic E-state index is 0.0253. The number of hydrogen-bond acceptors (Lipinski definition) is 7. The SMILES string of the molecule is CCCCCCC/C=C\C/C=C\C/C=C\CCCCCCCCCOCC(COP(=O)([O-])OCC[N+](C)(C)C)OC(=O)CCCCCCCCCCCCCCCCCCCCCCCCC. The van der Waals surface area contributed by atoms with Gasteiger partial charge in [0.25, 0.3) is 7.82 Å². The molecule has 0 rings (SSSR count). The van der Waals surface area contributed by atoms with Crippen molar-refractivity contribution in [2.24, 2.45) is 0 Å². The highest BCUT2D eigenvalue weighted by atomic mass is 31.2. The third-order valence-electron chi connectivity index (χ3n) is 12.7. The Kier molecular flexibility index (Phi) is 50.1. The van der Waals surface area contributed by atoms with Gasteiger partial charge >= 0.3 is 5.97 Å². The zero-order valence-corrected chi connectivity index (χ0v) is 46.0. The molecule has 0 aromatic heterocycles. The predicted molar refractivity (Wildman–Crippen MR) is 287 cm³/mol. The highest BCUT2D eigenvalue weighted by Gasteiger charge is 2.20. The summed E-state index contributed by atoms with van der Waals surface area (Å²) in [5.41, 5.74) is 0. The van der Waals surface area contributed by atoms with Crippen LogP contribution in [0.5, 0.6) is 0 Å². The number of likely N-dealkylation sites (N-methyl/N-ethyl adjacent to an activating group) is 1. The van der Waals surface area contributed by atoms with Gasteiger partial charge in [-0.3, -0.25) is 9.36 Å². The fourth-order valence-electron chi connectivity index (χ4n) is 8.26. The third-order valence-corrected chi connectivity index (χ3v) is 13.7. The Morgan fingerprint density at radius 3 is 1.22 bits per heavy atom. The van der Waals surface area contributed by atoms with Crippen molar-refractivity contribution in [1.29, 1.82) is 0 Å². The molecule has 67 heavy (non-hydrogen) atoms. The van der Waals surface area contributed by atoms with Gasteiger partial charge in [0, 0.05) is 13.0 Å². The van der Waals surface area contributed by atoms with Gasteiger partial charge in [-0.25, -0.2) is 0 Å². The van der Waals surface area contributed by atoms with Crippen LogP contribution in [0.4, 0.5) is 0 Å². The van der Waals surface area contributed by atoms with Gasteiger partial charge < -0.3 is 27.9 Å². The van der Waals surface area contributed by atoms with Crippen molar-refractivity contribution in [2.45, 2.75) is 277 Å². The van der Waals surface area contributed by atoms with Crippen LogP contribution in [0.1, 0.15) is 271 Å². The number of hydrogen-bond donors (Lipinski definition) is 0. The molecule has 9 heteroatoms. The quantitative estimate of drug-likeness (QED) is 0.0197. The van der Waals surface area contributed by atoms with Crippen LogP contribution in [0, 0.1) is 0 Å². The molecule has 2 unspecified atom stereocenters. The second kappa shape index (κ2) is 51.1. The lowest BCUT2D eigenvalue weighted by Crippen LogP contribution is -2.37. The number of carbonyl (C=O) groups is 1. The van der Waals surface area contributed by atoms with Gasteiger partial charge in [0.15, 0.2) is 0 Å². The second-order valence-electron chi connectivity index (χ2n) is 20.7. The second-order valence-corrected chi connectivity index (χ2v) is 22.1. The number of nitrogens with zero attached hydrogens (tertiary/aromatic N) is 1. The molecule has 0 aliphatic rings. The molecular formula is C58H112NO7P. The number of rotatable bonds is 54. The van der Waals surface area contributed by atoms with E-state index in [9.17, 15) is 14.3 Å². The molecule has 0 aromatic rings. The molecule has 0 aliphatic heterocycles. The Hall–Kier alpha value is -1.28. The molecule has 8 nitrogen and oxygen atoms in total. The van der Waals surface area contributed by atoms with E-state index in [-0.39, 0.29) is 25.8 Å². The van der Waals surface area contributed by atoms with Crippen LogP contribution in [-0.4, -0.2) is 70.7 Å². The van der Waals surface area contributed by atoms with Crippen LogP contribution in [0.15, 0.2) is 36.5 Å². The summed E-state index contributed by atoms with van der Waals surface area (Å²) in [5.74, 6) is -0.332. The van der Waals surface area contributed by atoms with E-state index in [1.165, 1.54) is 199 Å². The molecule has 2 atom stereocenters. The first-order valence-corrected chi connectivity index (χ1v) is 30.2. The molecule has 0 amide bonds. The van der Waals surface area contributed by atoms with Crippen molar-refractivity contribution in [3.63, 3.8) is 0 Å². The molecule has 0 bridgehead atoms. The van der Waals surface area contributed by atoms with Gasteiger partial charge in [-0.15, -0.1) is 0 Å². The van der Waals surface area contributed by atoms with Crippen LogP contribution in [0.3, 0.4) is 0 Å². The summed E-state index contributed by atoms with van der Waals surface area (Å²) in [4.78, 5) is 25.3. The molecule has 0 aromatic carbocycles. The maximum atomic E-state index is 12.8. The summed E-state index contributed by atoms with van der Waals surface area (Å²) >= 11 is 0. The summed E-state index contributed by atoms with van der Waals surface area (Å²) in [5, 5.41) is 0. The molecule has 0 aliphatic carbocycles. The van der Waals surface area contributed by atoms with Gasteiger partial charge in [-0.1, -0.05) is 249 Å². The maximum Gasteiger partial charge on any atom is 0.306 e. The number of quaternary nitrogens is 1. The minimum Gasteiger partial charge on any atom is -0.756 e. The average molecular weight is 967 g/mol. The largest absolute Gasteiger partial charge is 0.756 e. The van der Waals surface area contributed by atoms with Crippen LogP contribution < -0.4 is 4.89 Å². The van der Waals surface area contributed by atoms with Crippen molar-refractivity contribution < 1.29 is 37.3 Å². The zero-order valence-electron chi connectivity index (χ0n) is 45.1. The molecule has 0 saturated carbocycles.